The van der Waals surface area contributed by atoms with Crippen LogP contribution >= 0.6 is 22.9 Å². The number of rotatable bonds is 3. The minimum atomic E-state index is 0.487. The molecule has 0 spiro atoms. The molecule has 1 aromatic heterocycles. The van der Waals surface area contributed by atoms with Gasteiger partial charge in [0.05, 0.1) is 5.88 Å². The minimum absolute atomic E-state index is 0.487. The van der Waals surface area contributed by atoms with Gasteiger partial charge >= 0.3 is 0 Å². The Morgan fingerprint density at radius 2 is 2.10 bits per heavy atom. The maximum atomic E-state index is 5.55. The second kappa shape index (κ2) is 3.88. The van der Waals surface area contributed by atoms with E-state index in [0.717, 1.165) is 22.9 Å². The lowest BCUT2D eigenvalue weighted by molar-refractivity contribution is 0.873. The summed E-state index contributed by atoms with van der Waals surface area (Å²) in [7, 11) is 0. The van der Waals surface area contributed by atoms with Crippen molar-refractivity contribution in [2.75, 3.05) is 0 Å². The summed E-state index contributed by atoms with van der Waals surface area (Å²) >= 11 is 7.15. The fraction of sp³-hybridized carbons (Fsp3) is 0.667. The van der Waals surface area contributed by atoms with E-state index in [1.807, 2.05) is 0 Å². The lowest BCUT2D eigenvalue weighted by Gasteiger charge is -1.83. The molecule has 0 saturated heterocycles. The molecule has 0 amide bonds. The van der Waals surface area contributed by atoms with E-state index >= 15 is 0 Å². The molecule has 0 aromatic carbocycles. The van der Waals surface area contributed by atoms with Gasteiger partial charge in [-0.25, -0.2) is 0 Å². The average Bonchev–Trinajstić information content (AvgIpc) is 2.37. The third kappa shape index (κ3) is 1.92. The normalized spacial score (nSPS) is 10.2. The van der Waals surface area contributed by atoms with Crippen LogP contribution in [-0.4, -0.2) is 10.2 Å². The van der Waals surface area contributed by atoms with Gasteiger partial charge in [-0.05, 0) is 6.42 Å². The lowest BCUT2D eigenvalue weighted by Crippen LogP contribution is -1.79. The smallest absolute Gasteiger partial charge is 0.132 e. The van der Waals surface area contributed by atoms with Crippen LogP contribution in [0.2, 0.25) is 0 Å². The average molecular weight is 177 g/mol. The Morgan fingerprint density at radius 3 is 2.60 bits per heavy atom. The molecule has 0 aliphatic heterocycles. The molecule has 10 heavy (non-hydrogen) atoms. The van der Waals surface area contributed by atoms with Crippen molar-refractivity contribution in [3.63, 3.8) is 0 Å². The number of hydrogen-bond acceptors (Lipinski definition) is 3. The summed E-state index contributed by atoms with van der Waals surface area (Å²) in [5.74, 6) is 0.487. The maximum Gasteiger partial charge on any atom is 0.132 e. The Balaban J connectivity index is 2.59. The van der Waals surface area contributed by atoms with Gasteiger partial charge in [-0.1, -0.05) is 6.92 Å². The van der Waals surface area contributed by atoms with E-state index in [0.29, 0.717) is 5.88 Å². The van der Waals surface area contributed by atoms with Crippen LogP contribution in [0.15, 0.2) is 0 Å². The van der Waals surface area contributed by atoms with Crippen LogP contribution in [0.1, 0.15) is 23.4 Å². The largest absolute Gasteiger partial charge is 0.144 e. The number of nitrogens with zero attached hydrogens (tertiary/aromatic N) is 2. The molecule has 0 aliphatic rings. The van der Waals surface area contributed by atoms with E-state index < -0.39 is 0 Å². The first-order valence-corrected chi connectivity index (χ1v) is 4.59. The molecule has 0 bridgehead atoms. The second-order valence-electron chi connectivity index (χ2n) is 1.97. The highest BCUT2D eigenvalue weighted by Crippen LogP contribution is 2.12. The molecule has 0 fully saturated rings. The molecule has 56 valence electrons. The molecule has 0 aliphatic carbocycles. The fourth-order valence-corrected chi connectivity index (χ4v) is 1.67. The number of aryl methyl sites for hydroxylation is 1. The zero-order valence-corrected chi connectivity index (χ0v) is 7.37. The Labute approximate surface area is 69.2 Å². The molecule has 2 nitrogen and oxygen atoms in total. The summed E-state index contributed by atoms with van der Waals surface area (Å²) in [6.07, 6.45) is 2.14. The van der Waals surface area contributed by atoms with Gasteiger partial charge in [0.25, 0.3) is 0 Å². The van der Waals surface area contributed by atoms with Crippen LogP contribution in [0, 0.1) is 0 Å². The molecular formula is C6H9ClN2S. The molecule has 0 radical (unpaired) electrons. The van der Waals surface area contributed by atoms with E-state index in [2.05, 4.69) is 17.1 Å². The van der Waals surface area contributed by atoms with Crippen LogP contribution in [-0.2, 0) is 12.3 Å². The lowest BCUT2D eigenvalue weighted by atomic mass is 10.4. The van der Waals surface area contributed by atoms with E-state index in [-0.39, 0.29) is 0 Å². The SMILES string of the molecule is CCCc1nnc(CCl)s1. The number of aromatic nitrogens is 2. The van der Waals surface area contributed by atoms with E-state index in [4.69, 9.17) is 11.6 Å². The highest BCUT2D eigenvalue weighted by molar-refractivity contribution is 7.11. The third-order valence-electron chi connectivity index (χ3n) is 1.09. The van der Waals surface area contributed by atoms with Gasteiger partial charge in [0.2, 0.25) is 0 Å². The van der Waals surface area contributed by atoms with Crippen molar-refractivity contribution in [3.8, 4) is 0 Å². The van der Waals surface area contributed by atoms with Crippen LogP contribution in [0.5, 0.6) is 0 Å². The van der Waals surface area contributed by atoms with Gasteiger partial charge in [-0.2, -0.15) is 0 Å². The Morgan fingerprint density at radius 1 is 1.40 bits per heavy atom. The van der Waals surface area contributed by atoms with E-state index in [9.17, 15) is 0 Å². The van der Waals surface area contributed by atoms with Crippen molar-refractivity contribution < 1.29 is 0 Å². The molecule has 1 aromatic rings. The molecule has 0 unspecified atom stereocenters. The van der Waals surface area contributed by atoms with Crippen LogP contribution in [0.25, 0.3) is 0 Å². The van der Waals surface area contributed by atoms with E-state index in [1.54, 1.807) is 11.3 Å². The summed E-state index contributed by atoms with van der Waals surface area (Å²) in [5, 5.41) is 9.87. The summed E-state index contributed by atoms with van der Waals surface area (Å²) in [6, 6.07) is 0. The summed E-state index contributed by atoms with van der Waals surface area (Å²) < 4.78 is 0. The topological polar surface area (TPSA) is 25.8 Å². The molecule has 1 heterocycles. The van der Waals surface area contributed by atoms with Crippen molar-refractivity contribution in [2.45, 2.75) is 25.6 Å². The van der Waals surface area contributed by atoms with Crippen LogP contribution in [0.4, 0.5) is 0 Å². The van der Waals surface area contributed by atoms with Crippen molar-refractivity contribution in [1.29, 1.82) is 0 Å². The highest BCUT2D eigenvalue weighted by Gasteiger charge is 1.99. The maximum absolute atomic E-state index is 5.55. The zero-order chi connectivity index (χ0) is 7.40. The number of alkyl halides is 1. The zero-order valence-electron chi connectivity index (χ0n) is 5.80. The van der Waals surface area contributed by atoms with Gasteiger partial charge in [0.15, 0.2) is 0 Å². The molecule has 0 atom stereocenters. The second-order valence-corrected chi connectivity index (χ2v) is 3.39. The van der Waals surface area contributed by atoms with Gasteiger partial charge in [-0.3, -0.25) is 0 Å². The fourth-order valence-electron chi connectivity index (χ4n) is 0.657. The molecule has 0 N–H and O–H groups in total. The summed E-state index contributed by atoms with van der Waals surface area (Å²) in [6.45, 7) is 2.13. The first kappa shape index (κ1) is 7.95. The third-order valence-corrected chi connectivity index (χ3v) is 2.48. The first-order valence-electron chi connectivity index (χ1n) is 3.24. The van der Waals surface area contributed by atoms with E-state index in [1.165, 1.54) is 0 Å². The van der Waals surface area contributed by atoms with Crippen molar-refractivity contribution in [3.05, 3.63) is 10.0 Å². The number of hydrogen-bond donors (Lipinski definition) is 0. The minimum Gasteiger partial charge on any atom is -0.144 e. The standard InChI is InChI=1S/C6H9ClN2S/c1-2-3-5-8-9-6(4-7)10-5/h2-4H2,1H3. The quantitative estimate of drug-likeness (QED) is 0.661. The van der Waals surface area contributed by atoms with Gasteiger partial charge in [0, 0.05) is 6.42 Å². The Hall–Kier alpha value is -0.150. The molecule has 0 saturated carbocycles. The van der Waals surface area contributed by atoms with Crippen LogP contribution < -0.4 is 0 Å². The van der Waals surface area contributed by atoms with Gasteiger partial charge in [0.1, 0.15) is 10.0 Å². The predicted octanol–water partition coefficient (Wildman–Crippen LogP) is 2.23. The monoisotopic (exact) mass is 176 g/mol. The summed E-state index contributed by atoms with van der Waals surface area (Å²) in [4.78, 5) is 0. The Kier molecular flexibility index (Phi) is 3.09. The highest BCUT2D eigenvalue weighted by atomic mass is 35.5. The first-order chi connectivity index (χ1) is 4.86. The molecule has 1 rings (SSSR count). The van der Waals surface area contributed by atoms with Gasteiger partial charge in [-0.15, -0.1) is 33.1 Å². The predicted molar refractivity (Wildman–Crippen MR) is 43.5 cm³/mol. The van der Waals surface area contributed by atoms with Gasteiger partial charge < -0.3 is 0 Å². The summed E-state index contributed by atoms with van der Waals surface area (Å²) in [5.41, 5.74) is 0. The van der Waals surface area contributed by atoms with Crippen molar-refractivity contribution in [2.24, 2.45) is 0 Å². The molecule has 4 heteroatoms. The number of halogens is 1. The van der Waals surface area contributed by atoms with Crippen LogP contribution in [0.3, 0.4) is 0 Å². The van der Waals surface area contributed by atoms with Crippen molar-refractivity contribution in [1.82, 2.24) is 10.2 Å². The molecular weight excluding hydrogens is 168 g/mol. The van der Waals surface area contributed by atoms with Crippen molar-refractivity contribution >= 4 is 22.9 Å². The Bertz CT molecular complexity index is 199.